The Bertz CT molecular complexity index is 643. The highest BCUT2D eigenvalue weighted by atomic mass is 16.5. The second-order valence-electron chi connectivity index (χ2n) is 5.53. The number of hydrogen-bond donors (Lipinski definition) is 0. The molecule has 1 fully saturated rings. The molecule has 1 aromatic heterocycles. The van der Waals surface area contributed by atoms with E-state index in [4.69, 9.17) is 10.00 Å². The van der Waals surface area contributed by atoms with Crippen molar-refractivity contribution in [1.29, 1.82) is 5.26 Å². The molecule has 0 aliphatic carbocycles. The van der Waals surface area contributed by atoms with Crippen molar-refractivity contribution in [3.05, 3.63) is 59.8 Å². The Morgan fingerprint density at radius 1 is 1.14 bits per heavy atom. The molecule has 4 nitrogen and oxygen atoms in total. The summed E-state index contributed by atoms with van der Waals surface area (Å²) in [5.41, 5.74) is 1.88. The third kappa shape index (κ3) is 3.63. The summed E-state index contributed by atoms with van der Waals surface area (Å²) in [6.07, 6.45) is 3.97. The topological polar surface area (TPSA) is 49.2 Å². The van der Waals surface area contributed by atoms with Gasteiger partial charge in [0.05, 0.1) is 11.6 Å². The second-order valence-corrected chi connectivity index (χ2v) is 5.53. The molecule has 2 heterocycles. The maximum atomic E-state index is 9.16. The zero-order valence-corrected chi connectivity index (χ0v) is 12.5. The summed E-state index contributed by atoms with van der Waals surface area (Å²) in [6, 6.07) is 15.8. The Labute approximate surface area is 131 Å². The standard InChI is InChI=1S/C18H19N3O/c19-13-15-5-1-2-6-16(15)14-21-11-8-17(9-12-21)22-18-7-3-4-10-20-18/h1-7,10,17H,8-9,11-12,14H2. The Morgan fingerprint density at radius 3 is 2.64 bits per heavy atom. The van der Waals surface area contributed by atoms with E-state index in [2.05, 4.69) is 16.0 Å². The molecular weight excluding hydrogens is 274 g/mol. The lowest BCUT2D eigenvalue weighted by Gasteiger charge is -2.32. The number of rotatable bonds is 4. The molecule has 0 radical (unpaired) electrons. The Hall–Kier alpha value is -2.38. The molecule has 0 amide bonds. The molecule has 3 rings (SSSR count). The van der Waals surface area contributed by atoms with Crippen molar-refractivity contribution in [2.24, 2.45) is 0 Å². The van der Waals surface area contributed by atoms with Crippen molar-refractivity contribution < 1.29 is 4.74 Å². The lowest BCUT2D eigenvalue weighted by molar-refractivity contribution is 0.0932. The van der Waals surface area contributed by atoms with Crippen LogP contribution in [0.3, 0.4) is 0 Å². The molecule has 22 heavy (non-hydrogen) atoms. The maximum Gasteiger partial charge on any atom is 0.213 e. The first kappa shape index (κ1) is 14.6. The van der Waals surface area contributed by atoms with Crippen molar-refractivity contribution in [3.63, 3.8) is 0 Å². The molecule has 2 aromatic rings. The molecule has 112 valence electrons. The molecule has 1 aliphatic rings. The first-order valence-electron chi connectivity index (χ1n) is 7.63. The van der Waals surface area contributed by atoms with Gasteiger partial charge in [-0.1, -0.05) is 24.3 Å². The average Bonchev–Trinajstić information content (AvgIpc) is 2.58. The molecule has 1 aromatic carbocycles. The summed E-state index contributed by atoms with van der Waals surface area (Å²) in [7, 11) is 0. The Balaban J connectivity index is 1.53. The number of pyridine rings is 1. The number of piperidine rings is 1. The van der Waals surface area contributed by atoms with Gasteiger partial charge in [-0.05, 0) is 30.5 Å². The van der Waals surface area contributed by atoms with E-state index < -0.39 is 0 Å². The molecule has 0 atom stereocenters. The van der Waals surface area contributed by atoms with Gasteiger partial charge in [0.1, 0.15) is 6.10 Å². The highest BCUT2D eigenvalue weighted by Crippen LogP contribution is 2.19. The SMILES string of the molecule is N#Cc1ccccc1CN1CCC(Oc2ccccn2)CC1. The summed E-state index contributed by atoms with van der Waals surface area (Å²) in [4.78, 5) is 6.59. The third-order valence-corrected chi connectivity index (χ3v) is 3.99. The van der Waals surface area contributed by atoms with Gasteiger partial charge in [-0.15, -0.1) is 0 Å². The van der Waals surface area contributed by atoms with Crippen LogP contribution in [0, 0.1) is 11.3 Å². The molecule has 0 saturated carbocycles. The van der Waals surface area contributed by atoms with Gasteiger partial charge >= 0.3 is 0 Å². The Kier molecular flexibility index (Phi) is 4.67. The predicted molar refractivity (Wildman–Crippen MR) is 84.3 cm³/mol. The van der Waals surface area contributed by atoms with Gasteiger partial charge in [0, 0.05) is 31.9 Å². The number of likely N-dealkylation sites (tertiary alicyclic amines) is 1. The van der Waals surface area contributed by atoms with Crippen LogP contribution in [0.25, 0.3) is 0 Å². The summed E-state index contributed by atoms with van der Waals surface area (Å²) < 4.78 is 5.91. The zero-order valence-electron chi connectivity index (χ0n) is 12.5. The molecule has 1 aliphatic heterocycles. The van der Waals surface area contributed by atoms with E-state index in [1.807, 2.05) is 42.5 Å². The number of hydrogen-bond acceptors (Lipinski definition) is 4. The summed E-state index contributed by atoms with van der Waals surface area (Å²) >= 11 is 0. The van der Waals surface area contributed by atoms with Crippen LogP contribution in [-0.4, -0.2) is 29.1 Å². The van der Waals surface area contributed by atoms with Crippen LogP contribution in [0.4, 0.5) is 0 Å². The van der Waals surface area contributed by atoms with Gasteiger partial charge in [0.2, 0.25) is 5.88 Å². The lowest BCUT2D eigenvalue weighted by atomic mass is 10.0. The molecule has 0 unspecified atom stereocenters. The van der Waals surface area contributed by atoms with Crippen LogP contribution in [0.2, 0.25) is 0 Å². The van der Waals surface area contributed by atoms with E-state index in [9.17, 15) is 0 Å². The zero-order chi connectivity index (χ0) is 15.2. The van der Waals surface area contributed by atoms with Crippen molar-refractivity contribution >= 4 is 0 Å². The van der Waals surface area contributed by atoms with Crippen molar-refractivity contribution in [2.45, 2.75) is 25.5 Å². The fourth-order valence-corrected chi connectivity index (χ4v) is 2.78. The fourth-order valence-electron chi connectivity index (χ4n) is 2.78. The van der Waals surface area contributed by atoms with Crippen LogP contribution in [0.5, 0.6) is 5.88 Å². The maximum absolute atomic E-state index is 9.16. The smallest absolute Gasteiger partial charge is 0.213 e. The van der Waals surface area contributed by atoms with Gasteiger partial charge in [-0.25, -0.2) is 4.98 Å². The first-order chi connectivity index (χ1) is 10.8. The molecular formula is C18H19N3O. The van der Waals surface area contributed by atoms with Crippen LogP contribution < -0.4 is 4.74 Å². The number of nitrogens with zero attached hydrogens (tertiary/aromatic N) is 3. The van der Waals surface area contributed by atoms with E-state index in [1.54, 1.807) is 6.20 Å². The van der Waals surface area contributed by atoms with E-state index in [1.165, 1.54) is 0 Å². The monoisotopic (exact) mass is 293 g/mol. The number of aromatic nitrogens is 1. The van der Waals surface area contributed by atoms with Crippen molar-refractivity contribution in [2.75, 3.05) is 13.1 Å². The van der Waals surface area contributed by atoms with Crippen LogP contribution in [-0.2, 0) is 6.54 Å². The fraction of sp³-hybridized carbons (Fsp3) is 0.333. The molecule has 0 spiro atoms. The van der Waals surface area contributed by atoms with E-state index >= 15 is 0 Å². The second kappa shape index (κ2) is 7.06. The van der Waals surface area contributed by atoms with Crippen LogP contribution in [0.15, 0.2) is 48.7 Å². The summed E-state index contributed by atoms with van der Waals surface area (Å²) in [5.74, 6) is 0.704. The van der Waals surface area contributed by atoms with Crippen molar-refractivity contribution in [3.8, 4) is 11.9 Å². The van der Waals surface area contributed by atoms with E-state index in [0.29, 0.717) is 5.88 Å². The first-order valence-corrected chi connectivity index (χ1v) is 7.63. The molecule has 1 saturated heterocycles. The van der Waals surface area contributed by atoms with Gasteiger partial charge in [-0.3, -0.25) is 4.90 Å². The van der Waals surface area contributed by atoms with Gasteiger partial charge in [-0.2, -0.15) is 5.26 Å². The van der Waals surface area contributed by atoms with Crippen molar-refractivity contribution in [1.82, 2.24) is 9.88 Å². The quantitative estimate of drug-likeness (QED) is 0.869. The summed E-state index contributed by atoms with van der Waals surface area (Å²) in [5, 5.41) is 9.16. The third-order valence-electron chi connectivity index (χ3n) is 3.99. The summed E-state index contributed by atoms with van der Waals surface area (Å²) in [6.45, 7) is 2.80. The largest absolute Gasteiger partial charge is 0.474 e. The predicted octanol–water partition coefficient (Wildman–Crippen LogP) is 3.00. The highest BCUT2D eigenvalue weighted by Gasteiger charge is 2.21. The minimum atomic E-state index is 0.234. The number of benzene rings is 1. The van der Waals surface area contributed by atoms with E-state index in [0.717, 1.165) is 43.6 Å². The lowest BCUT2D eigenvalue weighted by Crippen LogP contribution is -2.38. The van der Waals surface area contributed by atoms with E-state index in [-0.39, 0.29) is 6.10 Å². The molecule has 0 N–H and O–H groups in total. The molecule has 0 bridgehead atoms. The normalized spacial score (nSPS) is 16.1. The minimum Gasteiger partial charge on any atom is -0.474 e. The highest BCUT2D eigenvalue weighted by molar-refractivity contribution is 5.37. The minimum absolute atomic E-state index is 0.234. The van der Waals surface area contributed by atoms with Gasteiger partial charge < -0.3 is 4.74 Å². The van der Waals surface area contributed by atoms with Crippen LogP contribution in [0.1, 0.15) is 24.0 Å². The molecule has 4 heteroatoms. The number of ether oxygens (including phenoxy) is 1. The Morgan fingerprint density at radius 2 is 1.91 bits per heavy atom. The average molecular weight is 293 g/mol. The van der Waals surface area contributed by atoms with Gasteiger partial charge in [0.25, 0.3) is 0 Å². The van der Waals surface area contributed by atoms with Crippen LogP contribution >= 0.6 is 0 Å². The van der Waals surface area contributed by atoms with Gasteiger partial charge in [0.15, 0.2) is 0 Å². The number of nitriles is 1.